The SMILES string of the molecule is COc1ccc(C(=O)N(Cc2ccc(F)cc2)C2CCS(=O)(=O)C2)cc1. The molecule has 1 heterocycles. The van der Waals surface area contributed by atoms with Crippen LogP contribution >= 0.6 is 0 Å². The Morgan fingerprint density at radius 3 is 2.35 bits per heavy atom. The molecule has 0 bridgehead atoms. The van der Waals surface area contributed by atoms with E-state index in [9.17, 15) is 17.6 Å². The van der Waals surface area contributed by atoms with Gasteiger partial charge in [-0.25, -0.2) is 12.8 Å². The van der Waals surface area contributed by atoms with E-state index in [-0.39, 0.29) is 35.8 Å². The molecule has 0 radical (unpaired) electrons. The molecule has 5 nitrogen and oxygen atoms in total. The summed E-state index contributed by atoms with van der Waals surface area (Å²) in [5.41, 5.74) is 1.20. The average molecular weight is 377 g/mol. The van der Waals surface area contributed by atoms with E-state index < -0.39 is 9.84 Å². The van der Waals surface area contributed by atoms with Crippen molar-refractivity contribution in [1.29, 1.82) is 0 Å². The van der Waals surface area contributed by atoms with Gasteiger partial charge in [0.15, 0.2) is 9.84 Å². The van der Waals surface area contributed by atoms with E-state index in [1.165, 1.54) is 12.1 Å². The Morgan fingerprint density at radius 2 is 1.81 bits per heavy atom. The van der Waals surface area contributed by atoms with Crippen LogP contribution in [0.2, 0.25) is 0 Å². The molecule has 2 aromatic carbocycles. The molecule has 1 aliphatic heterocycles. The predicted octanol–water partition coefficient (Wildman–Crippen LogP) is 2.66. The highest BCUT2D eigenvalue weighted by atomic mass is 32.2. The maximum atomic E-state index is 13.1. The lowest BCUT2D eigenvalue weighted by Gasteiger charge is -2.28. The third-order valence-electron chi connectivity index (χ3n) is 4.51. The minimum Gasteiger partial charge on any atom is -0.497 e. The molecule has 0 aromatic heterocycles. The van der Waals surface area contributed by atoms with Crippen LogP contribution in [0.3, 0.4) is 0 Å². The summed E-state index contributed by atoms with van der Waals surface area (Å²) >= 11 is 0. The molecule has 3 rings (SSSR count). The van der Waals surface area contributed by atoms with Crippen molar-refractivity contribution < 1.29 is 22.3 Å². The summed E-state index contributed by atoms with van der Waals surface area (Å²) in [7, 11) is -1.60. The minimum absolute atomic E-state index is 0.0455. The van der Waals surface area contributed by atoms with Crippen molar-refractivity contribution >= 4 is 15.7 Å². The van der Waals surface area contributed by atoms with E-state index >= 15 is 0 Å². The monoisotopic (exact) mass is 377 g/mol. The first-order chi connectivity index (χ1) is 12.4. The van der Waals surface area contributed by atoms with Gasteiger partial charge in [-0.2, -0.15) is 0 Å². The molecule has 1 unspecified atom stereocenters. The summed E-state index contributed by atoms with van der Waals surface area (Å²) in [5.74, 6) is 0.0585. The van der Waals surface area contributed by atoms with E-state index in [4.69, 9.17) is 4.74 Å². The van der Waals surface area contributed by atoms with Crippen molar-refractivity contribution in [3.05, 3.63) is 65.5 Å². The van der Waals surface area contributed by atoms with Gasteiger partial charge in [-0.3, -0.25) is 4.79 Å². The second-order valence-corrected chi connectivity index (χ2v) is 8.57. The molecule has 1 aliphatic rings. The molecule has 7 heteroatoms. The molecule has 1 atom stereocenters. The fourth-order valence-electron chi connectivity index (χ4n) is 3.07. The van der Waals surface area contributed by atoms with E-state index in [2.05, 4.69) is 0 Å². The van der Waals surface area contributed by atoms with Crippen molar-refractivity contribution in [2.45, 2.75) is 19.0 Å². The van der Waals surface area contributed by atoms with Crippen molar-refractivity contribution in [2.24, 2.45) is 0 Å². The van der Waals surface area contributed by atoms with Gasteiger partial charge >= 0.3 is 0 Å². The number of carbonyl (C=O) groups excluding carboxylic acids is 1. The number of amides is 1. The standard InChI is InChI=1S/C19H20FNO4S/c1-25-18-8-4-15(5-9-18)19(22)21(17-10-11-26(23,24)13-17)12-14-2-6-16(20)7-3-14/h2-9,17H,10-13H2,1H3. The summed E-state index contributed by atoms with van der Waals surface area (Å²) < 4.78 is 42.0. The Bertz CT molecular complexity index is 879. The minimum atomic E-state index is -3.14. The zero-order valence-corrected chi connectivity index (χ0v) is 15.2. The number of hydrogen-bond acceptors (Lipinski definition) is 4. The quantitative estimate of drug-likeness (QED) is 0.804. The Labute approximate surface area is 152 Å². The molecule has 1 fully saturated rings. The smallest absolute Gasteiger partial charge is 0.254 e. The van der Waals surface area contributed by atoms with Gasteiger partial charge in [-0.05, 0) is 48.4 Å². The Balaban J connectivity index is 1.88. The van der Waals surface area contributed by atoms with Gasteiger partial charge in [0, 0.05) is 18.2 Å². The van der Waals surface area contributed by atoms with Crippen LogP contribution in [-0.2, 0) is 16.4 Å². The van der Waals surface area contributed by atoms with Crippen LogP contribution in [0.25, 0.3) is 0 Å². The third kappa shape index (κ3) is 4.22. The summed E-state index contributed by atoms with van der Waals surface area (Å²) in [6, 6.07) is 12.2. The zero-order valence-electron chi connectivity index (χ0n) is 14.4. The van der Waals surface area contributed by atoms with E-state index in [1.807, 2.05) is 0 Å². The second-order valence-electron chi connectivity index (χ2n) is 6.34. The highest BCUT2D eigenvalue weighted by molar-refractivity contribution is 7.91. The topological polar surface area (TPSA) is 63.7 Å². The molecule has 1 saturated heterocycles. The maximum Gasteiger partial charge on any atom is 0.254 e. The summed E-state index contributed by atoms with van der Waals surface area (Å²) in [4.78, 5) is 14.6. The van der Waals surface area contributed by atoms with Gasteiger partial charge in [0.2, 0.25) is 0 Å². The fourth-order valence-corrected chi connectivity index (χ4v) is 4.80. The highest BCUT2D eigenvalue weighted by Crippen LogP contribution is 2.23. The van der Waals surface area contributed by atoms with E-state index in [1.54, 1.807) is 48.4 Å². The normalized spacial score (nSPS) is 18.5. The van der Waals surface area contributed by atoms with Crippen molar-refractivity contribution in [1.82, 2.24) is 4.90 Å². The lowest BCUT2D eigenvalue weighted by Crippen LogP contribution is -2.40. The third-order valence-corrected chi connectivity index (χ3v) is 6.26. The maximum absolute atomic E-state index is 13.1. The Kier molecular flexibility index (Phi) is 5.27. The van der Waals surface area contributed by atoms with Gasteiger partial charge < -0.3 is 9.64 Å². The van der Waals surface area contributed by atoms with Crippen molar-refractivity contribution in [2.75, 3.05) is 18.6 Å². The summed E-state index contributed by atoms with van der Waals surface area (Å²) in [6.45, 7) is 0.228. The zero-order chi connectivity index (χ0) is 18.7. The molecule has 1 amide bonds. The Hall–Kier alpha value is -2.41. The fraction of sp³-hybridized carbons (Fsp3) is 0.316. The first kappa shape index (κ1) is 18.4. The van der Waals surface area contributed by atoms with Crippen LogP contribution in [0.1, 0.15) is 22.3 Å². The number of halogens is 1. The number of carbonyl (C=O) groups is 1. The second kappa shape index (κ2) is 7.45. The van der Waals surface area contributed by atoms with Crippen molar-refractivity contribution in [3.63, 3.8) is 0 Å². The van der Waals surface area contributed by atoms with Crippen LogP contribution in [-0.4, -0.2) is 43.9 Å². The number of sulfone groups is 1. The van der Waals surface area contributed by atoms with Crippen LogP contribution in [0.5, 0.6) is 5.75 Å². The molecule has 26 heavy (non-hydrogen) atoms. The van der Waals surface area contributed by atoms with Crippen LogP contribution in [0.15, 0.2) is 48.5 Å². The number of nitrogens with zero attached hydrogens (tertiary/aromatic N) is 1. The molecule has 2 aromatic rings. The molecule has 0 spiro atoms. The molecule has 138 valence electrons. The number of benzene rings is 2. The van der Waals surface area contributed by atoms with Gasteiger partial charge in [-0.1, -0.05) is 12.1 Å². The molecular formula is C19H20FNO4S. The van der Waals surface area contributed by atoms with Gasteiger partial charge in [0.05, 0.1) is 18.6 Å². The summed E-state index contributed by atoms with van der Waals surface area (Å²) in [6.07, 6.45) is 0.408. The average Bonchev–Trinajstić information content (AvgIpc) is 3.00. The van der Waals surface area contributed by atoms with Crippen LogP contribution in [0.4, 0.5) is 4.39 Å². The van der Waals surface area contributed by atoms with Crippen LogP contribution < -0.4 is 4.74 Å². The van der Waals surface area contributed by atoms with E-state index in [0.717, 1.165) is 5.56 Å². The van der Waals surface area contributed by atoms with Crippen LogP contribution in [0, 0.1) is 5.82 Å². The molecule has 0 aliphatic carbocycles. The van der Waals surface area contributed by atoms with Crippen molar-refractivity contribution in [3.8, 4) is 5.75 Å². The van der Waals surface area contributed by atoms with Gasteiger partial charge in [0.1, 0.15) is 11.6 Å². The summed E-state index contributed by atoms with van der Waals surface area (Å²) in [5, 5.41) is 0. The number of methoxy groups -OCH3 is 1. The number of rotatable bonds is 5. The molecular weight excluding hydrogens is 357 g/mol. The predicted molar refractivity (Wildman–Crippen MR) is 96.3 cm³/mol. The van der Waals surface area contributed by atoms with Gasteiger partial charge in [-0.15, -0.1) is 0 Å². The molecule has 0 saturated carbocycles. The first-order valence-electron chi connectivity index (χ1n) is 8.28. The Morgan fingerprint density at radius 1 is 1.15 bits per heavy atom. The number of hydrogen-bond donors (Lipinski definition) is 0. The number of ether oxygens (including phenoxy) is 1. The lowest BCUT2D eigenvalue weighted by molar-refractivity contribution is 0.0681. The highest BCUT2D eigenvalue weighted by Gasteiger charge is 2.35. The largest absolute Gasteiger partial charge is 0.497 e. The van der Waals surface area contributed by atoms with E-state index in [0.29, 0.717) is 17.7 Å². The molecule has 0 N–H and O–H groups in total. The first-order valence-corrected chi connectivity index (χ1v) is 10.1. The lowest BCUT2D eigenvalue weighted by atomic mass is 10.1. The van der Waals surface area contributed by atoms with Gasteiger partial charge in [0.25, 0.3) is 5.91 Å².